The van der Waals surface area contributed by atoms with E-state index in [1.54, 1.807) is 19.9 Å². The lowest BCUT2D eigenvalue weighted by atomic mass is 9.95. The average Bonchev–Trinajstić information content (AvgIpc) is 2.94. The molecule has 0 bridgehead atoms. The second-order valence-corrected chi connectivity index (χ2v) is 11.2. The van der Waals surface area contributed by atoms with Crippen LogP contribution in [0.5, 0.6) is 5.75 Å². The lowest BCUT2D eigenvalue weighted by molar-refractivity contribution is -0.281. The smallest absolute Gasteiger partial charge is 0.315 e. The molecule has 0 radical (unpaired) electrons. The lowest BCUT2D eigenvalue weighted by Gasteiger charge is -2.39. The summed E-state index contributed by atoms with van der Waals surface area (Å²) in [5.41, 5.74) is 14.1. The van der Waals surface area contributed by atoms with Crippen molar-refractivity contribution in [3.63, 3.8) is 0 Å². The molecule has 11 N–H and O–H groups in total. The first-order chi connectivity index (χ1) is 20.2. The van der Waals surface area contributed by atoms with E-state index in [2.05, 4.69) is 10.6 Å². The number of primary amides is 1. The number of aliphatic hydroxyl groups excluding tert-OH is 4. The number of hydrogen-bond acceptors (Lipinski definition) is 11. The van der Waals surface area contributed by atoms with Crippen LogP contribution in [0.15, 0.2) is 29.5 Å². The molecule has 1 fully saturated rings. The quantitative estimate of drug-likeness (QED) is 0.0762. The van der Waals surface area contributed by atoms with Gasteiger partial charge in [0.1, 0.15) is 36.2 Å². The Kier molecular flexibility index (Phi) is 13.7. The van der Waals surface area contributed by atoms with Crippen molar-refractivity contribution in [3.8, 4) is 5.75 Å². The summed E-state index contributed by atoms with van der Waals surface area (Å²) in [7, 11) is 0. The van der Waals surface area contributed by atoms with Gasteiger partial charge in [-0.2, -0.15) is 0 Å². The molecule has 1 aromatic rings. The maximum atomic E-state index is 12.0. The molecular weight excluding hydrogens is 562 g/mol. The van der Waals surface area contributed by atoms with E-state index in [0.29, 0.717) is 36.6 Å². The maximum Gasteiger partial charge on any atom is 0.315 e. The summed E-state index contributed by atoms with van der Waals surface area (Å²) in [5, 5.41) is 53.7. The molecule has 2 rings (SSSR count). The summed E-state index contributed by atoms with van der Waals surface area (Å²) in [6.07, 6.45) is -6.79. The van der Waals surface area contributed by atoms with E-state index < -0.39 is 55.3 Å². The van der Waals surface area contributed by atoms with E-state index in [0.717, 1.165) is 11.1 Å². The number of nitrogens with two attached hydrogens (primary N) is 2. The molecule has 14 heteroatoms. The molecule has 0 saturated carbocycles. The van der Waals surface area contributed by atoms with Crippen LogP contribution in [0.25, 0.3) is 0 Å². The first kappa shape index (κ1) is 35.8. The van der Waals surface area contributed by atoms with Crippen molar-refractivity contribution in [1.82, 2.24) is 10.6 Å². The van der Waals surface area contributed by atoms with Gasteiger partial charge in [0.25, 0.3) is 0 Å². The minimum Gasteiger partial charge on any atom is -0.494 e. The molecule has 0 aliphatic carbocycles. The van der Waals surface area contributed by atoms with Gasteiger partial charge in [-0.05, 0) is 48.4 Å². The lowest BCUT2D eigenvalue weighted by Crippen LogP contribution is -2.59. The Bertz CT molecular complexity index is 1140. The van der Waals surface area contributed by atoms with E-state index in [-0.39, 0.29) is 24.2 Å². The van der Waals surface area contributed by atoms with Crippen molar-refractivity contribution in [2.45, 2.75) is 84.2 Å². The van der Waals surface area contributed by atoms with Crippen molar-refractivity contribution in [3.05, 3.63) is 40.6 Å². The Labute approximate surface area is 251 Å². The summed E-state index contributed by atoms with van der Waals surface area (Å²) < 4.78 is 16.8. The second kappa shape index (κ2) is 16.4. The van der Waals surface area contributed by atoms with Crippen LogP contribution in [-0.4, -0.2) is 94.8 Å². The van der Waals surface area contributed by atoms with Crippen molar-refractivity contribution in [2.24, 2.45) is 23.3 Å². The number of ether oxygens (including phenoxy) is 3. The highest BCUT2D eigenvalue weighted by Gasteiger charge is 2.45. The SMILES string of the molecule is Cc1cc(OCCCNC(=O)N[C@H](C(N)=O)C(C)C)ccc1C/C(C(=N)O[C@H]1OC(CO)[C@@H](O)C(O)[C@H]1O)=C(/N)C(C)C. The normalized spacial score (nSPS) is 23.4. The van der Waals surface area contributed by atoms with Gasteiger partial charge in [-0.3, -0.25) is 10.2 Å². The van der Waals surface area contributed by atoms with Crippen molar-refractivity contribution < 1.29 is 44.2 Å². The van der Waals surface area contributed by atoms with Crippen molar-refractivity contribution >= 4 is 17.8 Å². The molecule has 6 atom stereocenters. The Morgan fingerprint density at radius 3 is 2.33 bits per heavy atom. The molecule has 1 aliphatic heterocycles. The molecule has 1 saturated heterocycles. The van der Waals surface area contributed by atoms with E-state index >= 15 is 0 Å². The largest absolute Gasteiger partial charge is 0.494 e. The number of hydrogen-bond donors (Lipinski definition) is 9. The number of carbonyl (C=O) groups is 2. The zero-order valence-electron chi connectivity index (χ0n) is 25.4. The molecule has 14 nitrogen and oxygen atoms in total. The van der Waals surface area contributed by atoms with Gasteiger partial charge >= 0.3 is 6.03 Å². The third kappa shape index (κ3) is 10.1. The fourth-order valence-corrected chi connectivity index (χ4v) is 4.38. The van der Waals surface area contributed by atoms with E-state index in [1.165, 1.54) is 0 Å². The third-order valence-electron chi connectivity index (χ3n) is 7.14. The summed E-state index contributed by atoms with van der Waals surface area (Å²) in [6.45, 7) is 9.20. The third-order valence-corrected chi connectivity index (χ3v) is 7.14. The molecule has 0 aromatic heterocycles. The number of aliphatic hydroxyl groups is 4. The van der Waals surface area contributed by atoms with Gasteiger partial charge in [-0.15, -0.1) is 0 Å². The summed E-state index contributed by atoms with van der Waals surface area (Å²) in [5.74, 6) is -0.636. The number of amides is 3. The van der Waals surface area contributed by atoms with Crippen LogP contribution in [0.2, 0.25) is 0 Å². The standard InChI is InChI=1S/C29H47N5O9/c1-14(2)21(30)19(27(32)43-28-25(38)24(37)23(36)20(13-35)42-28)12-17-7-8-18(11-16(17)5)41-10-6-9-33-29(40)34-22(15(3)4)26(31)39/h7-8,11,14-15,20,22-25,28,32,35-38H,6,9-10,12-13,30H2,1-5H3,(H2,31,39)(H2,33,34,40)/b21-19-,32-27?/t20?,22-,23+,24?,25+,28+/m0/s1. The van der Waals surface area contributed by atoms with E-state index in [1.807, 2.05) is 32.9 Å². The average molecular weight is 610 g/mol. The van der Waals surface area contributed by atoms with Crippen LogP contribution in [-0.2, 0) is 20.7 Å². The van der Waals surface area contributed by atoms with E-state index in [4.69, 9.17) is 31.1 Å². The predicted molar refractivity (Wildman–Crippen MR) is 158 cm³/mol. The van der Waals surface area contributed by atoms with Gasteiger partial charge in [0.05, 0.1) is 13.2 Å². The van der Waals surface area contributed by atoms with Gasteiger partial charge in [0.15, 0.2) is 0 Å². The number of carbonyl (C=O) groups excluding carboxylic acids is 2. The Morgan fingerprint density at radius 2 is 1.77 bits per heavy atom. The van der Waals surface area contributed by atoms with Gasteiger partial charge in [0, 0.05) is 24.2 Å². The zero-order valence-corrected chi connectivity index (χ0v) is 25.4. The van der Waals surface area contributed by atoms with E-state index in [9.17, 15) is 30.0 Å². The Balaban J connectivity index is 1.99. The van der Waals surface area contributed by atoms with Crippen molar-refractivity contribution in [2.75, 3.05) is 19.8 Å². The highest BCUT2D eigenvalue weighted by atomic mass is 16.7. The van der Waals surface area contributed by atoms with Gasteiger partial charge in [-0.1, -0.05) is 33.8 Å². The van der Waals surface area contributed by atoms with Crippen molar-refractivity contribution in [1.29, 1.82) is 5.41 Å². The van der Waals surface area contributed by atoms with Crippen LogP contribution in [0.1, 0.15) is 45.2 Å². The highest BCUT2D eigenvalue weighted by Crippen LogP contribution is 2.26. The zero-order chi connectivity index (χ0) is 32.4. The molecule has 43 heavy (non-hydrogen) atoms. The number of benzene rings is 1. The maximum absolute atomic E-state index is 12.0. The van der Waals surface area contributed by atoms with Crippen LogP contribution in [0, 0.1) is 24.2 Å². The number of aryl methyl sites for hydroxylation is 1. The van der Waals surface area contributed by atoms with Gasteiger partial charge < -0.3 is 56.7 Å². The second-order valence-electron chi connectivity index (χ2n) is 11.2. The summed E-state index contributed by atoms with van der Waals surface area (Å²) in [6, 6.07) is 4.20. The molecule has 3 amide bonds. The Morgan fingerprint density at radius 1 is 1.09 bits per heavy atom. The fourth-order valence-electron chi connectivity index (χ4n) is 4.38. The highest BCUT2D eigenvalue weighted by molar-refractivity contribution is 5.92. The first-order valence-corrected chi connectivity index (χ1v) is 14.3. The minimum atomic E-state index is -1.66. The summed E-state index contributed by atoms with van der Waals surface area (Å²) in [4.78, 5) is 23.5. The fraction of sp³-hybridized carbons (Fsp3) is 0.621. The van der Waals surface area contributed by atoms with Crippen LogP contribution in [0.4, 0.5) is 4.79 Å². The van der Waals surface area contributed by atoms with Crippen LogP contribution in [0.3, 0.4) is 0 Å². The predicted octanol–water partition coefficient (Wildman–Crippen LogP) is -0.222. The monoisotopic (exact) mass is 609 g/mol. The molecule has 1 heterocycles. The van der Waals surface area contributed by atoms with Gasteiger partial charge in [0.2, 0.25) is 18.1 Å². The molecule has 2 unspecified atom stereocenters. The molecule has 1 aliphatic rings. The van der Waals surface area contributed by atoms with Crippen LogP contribution < -0.4 is 26.8 Å². The van der Waals surface area contributed by atoms with Crippen LogP contribution >= 0.6 is 0 Å². The minimum absolute atomic E-state index is 0.133. The molecule has 0 spiro atoms. The van der Waals surface area contributed by atoms with Gasteiger partial charge in [-0.25, -0.2) is 4.79 Å². The number of nitrogens with one attached hydrogen (secondary N) is 3. The topological polar surface area (TPSA) is 243 Å². The number of rotatable bonds is 14. The summed E-state index contributed by atoms with van der Waals surface area (Å²) >= 11 is 0. The molecule has 242 valence electrons. The first-order valence-electron chi connectivity index (χ1n) is 14.3. The Hall–Kier alpha value is -3.43. The molecule has 1 aromatic carbocycles. The molecular formula is C29H47N5O9. The number of urea groups is 1. The number of allylic oxidation sites excluding steroid dienone is 1.